The molecule has 2 saturated heterocycles. The first kappa shape index (κ1) is 17.4. The zero-order valence-electron chi connectivity index (χ0n) is 14.9. The van der Waals surface area contributed by atoms with Crippen LogP contribution in [0.15, 0.2) is 24.4 Å². The van der Waals surface area contributed by atoms with Crippen molar-refractivity contribution >= 4 is 17.8 Å². The number of pyridine rings is 1. The molecule has 0 aliphatic carbocycles. The van der Waals surface area contributed by atoms with Crippen molar-refractivity contribution in [1.82, 2.24) is 19.7 Å². The van der Waals surface area contributed by atoms with Gasteiger partial charge in [0.15, 0.2) is 0 Å². The fourth-order valence-electron chi connectivity index (χ4n) is 3.71. The van der Waals surface area contributed by atoms with Gasteiger partial charge in [-0.15, -0.1) is 0 Å². The number of likely N-dealkylation sites (tertiary alicyclic amines) is 1. The summed E-state index contributed by atoms with van der Waals surface area (Å²) in [6, 6.07) is 5.01. The van der Waals surface area contributed by atoms with Crippen molar-refractivity contribution in [2.75, 3.05) is 26.7 Å². The van der Waals surface area contributed by atoms with Crippen LogP contribution >= 0.6 is 0 Å². The largest absolute Gasteiger partial charge is 0.337 e. The molecule has 0 atom stereocenters. The molecule has 7 nitrogen and oxygen atoms in total. The molecule has 2 aliphatic heterocycles. The Kier molecular flexibility index (Phi) is 4.49. The third-order valence-electron chi connectivity index (χ3n) is 5.05. The Morgan fingerprint density at radius 3 is 2.48 bits per heavy atom. The minimum atomic E-state index is -0.809. The SMILES string of the molecule is CC(C)CN1C(=O)N(C)C(=O)C12CCN(C(=O)c1ccccn1)CC2. The number of aromatic nitrogens is 1. The molecule has 7 heteroatoms. The number of carbonyl (C=O) groups is 3. The van der Waals surface area contributed by atoms with Crippen molar-refractivity contribution in [3.8, 4) is 0 Å². The van der Waals surface area contributed by atoms with Crippen LogP contribution in [0.3, 0.4) is 0 Å². The van der Waals surface area contributed by atoms with Gasteiger partial charge in [-0.05, 0) is 30.9 Å². The zero-order chi connectivity index (χ0) is 18.2. The maximum absolute atomic E-state index is 12.8. The first-order valence-electron chi connectivity index (χ1n) is 8.67. The van der Waals surface area contributed by atoms with Gasteiger partial charge in [-0.2, -0.15) is 0 Å². The van der Waals surface area contributed by atoms with Crippen LogP contribution in [0.25, 0.3) is 0 Å². The van der Waals surface area contributed by atoms with Gasteiger partial charge in [0, 0.05) is 32.9 Å². The minimum absolute atomic E-state index is 0.129. The number of hydrogen-bond donors (Lipinski definition) is 0. The van der Waals surface area contributed by atoms with Gasteiger partial charge in [0.2, 0.25) is 0 Å². The van der Waals surface area contributed by atoms with E-state index in [0.717, 1.165) is 0 Å². The number of amides is 4. The Morgan fingerprint density at radius 1 is 1.24 bits per heavy atom. The standard InChI is InChI=1S/C18H24N4O3/c1-13(2)12-22-17(25)20(3)16(24)18(22)7-10-21(11-8-18)15(23)14-6-4-5-9-19-14/h4-6,9,13H,7-8,10-12H2,1-3H3. The molecule has 1 spiro atoms. The maximum atomic E-state index is 12.8. The summed E-state index contributed by atoms with van der Waals surface area (Å²) in [6.45, 7) is 5.49. The molecule has 0 N–H and O–H groups in total. The molecule has 25 heavy (non-hydrogen) atoms. The van der Waals surface area contributed by atoms with Gasteiger partial charge in [-0.1, -0.05) is 19.9 Å². The molecule has 2 fully saturated rings. The number of imide groups is 1. The fourth-order valence-corrected chi connectivity index (χ4v) is 3.71. The predicted octanol–water partition coefficient (Wildman–Crippen LogP) is 1.61. The van der Waals surface area contributed by atoms with E-state index in [2.05, 4.69) is 4.98 Å². The number of likely N-dealkylation sites (N-methyl/N-ethyl adjacent to an activating group) is 1. The van der Waals surface area contributed by atoms with Crippen molar-refractivity contribution in [2.24, 2.45) is 5.92 Å². The van der Waals surface area contributed by atoms with E-state index in [4.69, 9.17) is 0 Å². The molecule has 3 heterocycles. The van der Waals surface area contributed by atoms with E-state index in [1.54, 1.807) is 34.2 Å². The highest BCUT2D eigenvalue weighted by molar-refractivity contribution is 6.07. The monoisotopic (exact) mass is 344 g/mol. The van der Waals surface area contributed by atoms with Crippen LogP contribution in [0.4, 0.5) is 4.79 Å². The Balaban J connectivity index is 1.78. The summed E-state index contributed by atoms with van der Waals surface area (Å²) in [4.78, 5) is 46.6. The first-order chi connectivity index (χ1) is 11.9. The van der Waals surface area contributed by atoms with Crippen LogP contribution in [0.5, 0.6) is 0 Å². The summed E-state index contributed by atoms with van der Waals surface area (Å²) < 4.78 is 0. The van der Waals surface area contributed by atoms with Gasteiger partial charge < -0.3 is 9.80 Å². The lowest BCUT2D eigenvalue weighted by Crippen LogP contribution is -2.58. The number of nitrogens with zero attached hydrogens (tertiary/aromatic N) is 4. The first-order valence-corrected chi connectivity index (χ1v) is 8.67. The molecule has 1 aromatic heterocycles. The molecule has 0 saturated carbocycles. The van der Waals surface area contributed by atoms with Crippen molar-refractivity contribution in [1.29, 1.82) is 0 Å². The van der Waals surface area contributed by atoms with Crippen LogP contribution in [-0.2, 0) is 4.79 Å². The predicted molar refractivity (Wildman–Crippen MR) is 91.8 cm³/mol. The Hall–Kier alpha value is -2.44. The third kappa shape index (κ3) is 2.88. The van der Waals surface area contributed by atoms with Gasteiger partial charge in [0.25, 0.3) is 11.8 Å². The Morgan fingerprint density at radius 2 is 1.92 bits per heavy atom. The topological polar surface area (TPSA) is 73.8 Å². The van der Waals surface area contributed by atoms with Gasteiger partial charge in [-0.3, -0.25) is 19.5 Å². The summed E-state index contributed by atoms with van der Waals surface area (Å²) in [5.41, 5.74) is -0.403. The average Bonchev–Trinajstić information content (AvgIpc) is 2.78. The summed E-state index contributed by atoms with van der Waals surface area (Å²) in [6.07, 6.45) is 2.53. The smallest absolute Gasteiger partial charge is 0.327 e. The second-order valence-electron chi connectivity index (χ2n) is 7.19. The Labute approximate surface area is 147 Å². The lowest BCUT2D eigenvalue weighted by molar-refractivity contribution is -0.134. The van der Waals surface area contributed by atoms with Gasteiger partial charge in [0.05, 0.1) is 0 Å². The molecule has 134 valence electrons. The highest BCUT2D eigenvalue weighted by Crippen LogP contribution is 2.37. The van der Waals surface area contributed by atoms with Crippen molar-refractivity contribution < 1.29 is 14.4 Å². The molecular formula is C18H24N4O3. The summed E-state index contributed by atoms with van der Waals surface area (Å²) in [5.74, 6) is -0.00706. The van der Waals surface area contributed by atoms with E-state index in [9.17, 15) is 14.4 Å². The van der Waals surface area contributed by atoms with Crippen LogP contribution < -0.4 is 0 Å². The minimum Gasteiger partial charge on any atom is -0.337 e. The number of hydrogen-bond acceptors (Lipinski definition) is 4. The number of piperidine rings is 1. The molecule has 0 unspecified atom stereocenters. The highest BCUT2D eigenvalue weighted by Gasteiger charge is 2.57. The normalized spacial score (nSPS) is 20.1. The van der Waals surface area contributed by atoms with Gasteiger partial charge in [-0.25, -0.2) is 4.79 Å². The number of carbonyl (C=O) groups excluding carboxylic acids is 3. The number of rotatable bonds is 3. The van der Waals surface area contributed by atoms with E-state index in [-0.39, 0.29) is 23.8 Å². The van der Waals surface area contributed by atoms with Crippen LogP contribution in [-0.4, -0.2) is 69.8 Å². The molecule has 0 bridgehead atoms. The highest BCUT2D eigenvalue weighted by atomic mass is 16.2. The van der Waals surface area contributed by atoms with Gasteiger partial charge >= 0.3 is 6.03 Å². The summed E-state index contributed by atoms with van der Waals surface area (Å²) in [7, 11) is 1.54. The van der Waals surface area contributed by atoms with E-state index in [0.29, 0.717) is 38.2 Å². The van der Waals surface area contributed by atoms with E-state index < -0.39 is 5.54 Å². The second-order valence-corrected chi connectivity index (χ2v) is 7.19. The molecule has 0 radical (unpaired) electrons. The third-order valence-corrected chi connectivity index (χ3v) is 5.05. The van der Waals surface area contributed by atoms with Crippen molar-refractivity contribution in [3.63, 3.8) is 0 Å². The molecule has 3 rings (SSSR count). The number of urea groups is 1. The van der Waals surface area contributed by atoms with Gasteiger partial charge in [0.1, 0.15) is 11.2 Å². The zero-order valence-corrected chi connectivity index (χ0v) is 14.9. The second kappa shape index (κ2) is 6.46. The molecule has 0 aromatic carbocycles. The molecule has 1 aromatic rings. The van der Waals surface area contributed by atoms with E-state index in [1.165, 1.54) is 11.9 Å². The summed E-state index contributed by atoms with van der Waals surface area (Å²) in [5, 5.41) is 0. The van der Waals surface area contributed by atoms with Crippen molar-refractivity contribution in [2.45, 2.75) is 32.2 Å². The lowest BCUT2D eigenvalue weighted by atomic mass is 9.85. The maximum Gasteiger partial charge on any atom is 0.327 e. The van der Waals surface area contributed by atoms with E-state index in [1.807, 2.05) is 13.8 Å². The lowest BCUT2D eigenvalue weighted by Gasteiger charge is -2.42. The Bertz CT molecular complexity index is 681. The molecule has 2 aliphatic rings. The fraction of sp³-hybridized carbons (Fsp3) is 0.556. The molecular weight excluding hydrogens is 320 g/mol. The van der Waals surface area contributed by atoms with Crippen LogP contribution in [0.2, 0.25) is 0 Å². The molecule has 4 amide bonds. The van der Waals surface area contributed by atoms with Crippen molar-refractivity contribution in [3.05, 3.63) is 30.1 Å². The van der Waals surface area contributed by atoms with Crippen LogP contribution in [0.1, 0.15) is 37.2 Å². The summed E-state index contributed by atoms with van der Waals surface area (Å²) >= 11 is 0. The quantitative estimate of drug-likeness (QED) is 0.781. The average molecular weight is 344 g/mol. The van der Waals surface area contributed by atoms with Crippen LogP contribution in [0, 0.1) is 5.92 Å². The van der Waals surface area contributed by atoms with E-state index >= 15 is 0 Å².